The van der Waals surface area contributed by atoms with Gasteiger partial charge >= 0.3 is 6.18 Å². The number of piperidine rings is 1. The van der Waals surface area contributed by atoms with Crippen LogP contribution in [-0.2, 0) is 17.8 Å². The van der Waals surface area contributed by atoms with Crippen molar-refractivity contribution in [3.63, 3.8) is 0 Å². The van der Waals surface area contributed by atoms with Crippen LogP contribution in [0.4, 0.5) is 13.2 Å². The number of rotatable bonds is 4. The zero-order valence-electron chi connectivity index (χ0n) is 21.5. The first-order valence-corrected chi connectivity index (χ1v) is 13.3. The van der Waals surface area contributed by atoms with E-state index in [1.54, 1.807) is 29.3 Å². The van der Waals surface area contributed by atoms with Crippen molar-refractivity contribution in [3.8, 4) is 0 Å². The van der Waals surface area contributed by atoms with E-state index in [2.05, 4.69) is 25.4 Å². The first-order chi connectivity index (χ1) is 19.1. The van der Waals surface area contributed by atoms with Crippen LogP contribution in [0.25, 0.3) is 22.6 Å². The van der Waals surface area contributed by atoms with Gasteiger partial charge in [0, 0.05) is 41.5 Å². The number of nitrogens with zero attached hydrogens (tertiary/aromatic N) is 5. The summed E-state index contributed by atoms with van der Waals surface area (Å²) in [6, 6.07) is 3.52. The maximum atomic E-state index is 13.5. The van der Waals surface area contributed by atoms with Crippen LogP contribution in [0.1, 0.15) is 59.1 Å². The average molecular weight is 572 g/mol. The lowest BCUT2D eigenvalue weighted by Gasteiger charge is -2.32. The number of likely N-dealkylation sites (tertiary alicyclic amines) is 1. The first-order valence-electron chi connectivity index (χ1n) is 12.9. The lowest BCUT2D eigenvalue weighted by Crippen LogP contribution is -2.39. The van der Waals surface area contributed by atoms with Crippen molar-refractivity contribution in [1.82, 2.24) is 34.8 Å². The number of fused-ring (bicyclic) bond motifs is 4. The number of amides is 1. The van der Waals surface area contributed by atoms with Gasteiger partial charge in [0.05, 0.1) is 41.8 Å². The fourth-order valence-electron chi connectivity index (χ4n) is 5.73. The number of alkyl halides is 3. The van der Waals surface area contributed by atoms with Gasteiger partial charge in [-0.2, -0.15) is 23.4 Å². The fourth-order valence-corrected chi connectivity index (χ4v) is 5.99. The summed E-state index contributed by atoms with van der Waals surface area (Å²) in [5.41, 5.74) is 3.75. The van der Waals surface area contributed by atoms with E-state index in [0.717, 1.165) is 11.3 Å². The Hall–Kier alpha value is -3.93. The summed E-state index contributed by atoms with van der Waals surface area (Å²) in [7, 11) is 0. The smallest absolute Gasteiger partial charge is 0.342 e. The van der Waals surface area contributed by atoms with Crippen LogP contribution in [0.15, 0.2) is 29.3 Å². The monoisotopic (exact) mass is 571 g/mol. The zero-order chi connectivity index (χ0) is 28.2. The van der Waals surface area contributed by atoms with Gasteiger partial charge in [-0.15, -0.1) is 0 Å². The Labute approximate surface area is 231 Å². The molecule has 0 radical (unpaired) electrons. The number of carbonyl (C=O) groups excluding carboxylic acids is 1. The summed E-state index contributed by atoms with van der Waals surface area (Å²) in [6.45, 7) is 2.86. The van der Waals surface area contributed by atoms with Crippen LogP contribution in [0.3, 0.4) is 0 Å². The number of halogens is 4. The topological polar surface area (TPSA) is 113 Å². The second-order valence-electron chi connectivity index (χ2n) is 10.3. The van der Waals surface area contributed by atoms with E-state index < -0.39 is 12.6 Å². The van der Waals surface area contributed by atoms with Crippen molar-refractivity contribution in [1.29, 1.82) is 0 Å². The molecule has 2 aliphatic rings. The van der Waals surface area contributed by atoms with Crippen LogP contribution >= 0.6 is 11.6 Å². The number of aryl methyl sites for hydroxylation is 1. The third-order valence-electron chi connectivity index (χ3n) is 7.68. The number of carbonyl (C=O) groups is 1. The van der Waals surface area contributed by atoms with Gasteiger partial charge in [0.1, 0.15) is 5.82 Å². The summed E-state index contributed by atoms with van der Waals surface area (Å²) in [4.78, 5) is 31.8. The summed E-state index contributed by atoms with van der Waals surface area (Å²) >= 11 is 6.48. The van der Waals surface area contributed by atoms with Gasteiger partial charge in [-0.1, -0.05) is 11.6 Å². The maximum absolute atomic E-state index is 13.5. The second kappa shape index (κ2) is 9.92. The number of aromatic amines is 2. The Morgan fingerprint density at radius 2 is 1.95 bits per heavy atom. The molecule has 3 aromatic heterocycles. The Balaban J connectivity index is 1.30. The molecule has 0 aliphatic carbocycles. The van der Waals surface area contributed by atoms with Crippen molar-refractivity contribution in [2.24, 2.45) is 0 Å². The minimum atomic E-state index is -4.42. The normalized spacial score (nSPS) is 16.0. The van der Waals surface area contributed by atoms with Crippen molar-refractivity contribution >= 4 is 40.1 Å². The van der Waals surface area contributed by atoms with Crippen LogP contribution < -0.4 is 5.56 Å². The molecule has 1 aromatic carbocycles. The van der Waals surface area contributed by atoms with Crippen molar-refractivity contribution in [3.05, 3.63) is 73.8 Å². The summed E-state index contributed by atoms with van der Waals surface area (Å²) < 4.78 is 41.8. The SMILES string of the molecule is Cc1cc(C2CCN(C(=O)CC3=Cc4cc(Cl)c5[nH]ncc5c4Cn4c(CC(F)(F)F)cnc43)CC2)c(=O)[nH]n1. The summed E-state index contributed by atoms with van der Waals surface area (Å²) in [6.07, 6.45) is 0.272. The minimum Gasteiger partial charge on any atom is -0.342 e. The predicted molar refractivity (Wildman–Crippen MR) is 143 cm³/mol. The van der Waals surface area contributed by atoms with Crippen LogP contribution in [0.5, 0.6) is 0 Å². The molecule has 2 N–H and O–H groups in total. The van der Waals surface area contributed by atoms with Crippen molar-refractivity contribution in [2.45, 2.75) is 51.2 Å². The molecule has 6 rings (SSSR count). The molecule has 0 spiro atoms. The van der Waals surface area contributed by atoms with Gasteiger partial charge < -0.3 is 9.47 Å². The third kappa shape index (κ3) is 4.91. The van der Waals surface area contributed by atoms with Gasteiger partial charge in [-0.3, -0.25) is 14.7 Å². The molecule has 1 saturated heterocycles. The molecule has 5 heterocycles. The van der Waals surface area contributed by atoms with Gasteiger partial charge in [0.25, 0.3) is 5.56 Å². The molecule has 13 heteroatoms. The summed E-state index contributed by atoms with van der Waals surface area (Å²) in [5, 5.41) is 14.5. The van der Waals surface area contributed by atoms with E-state index in [-0.39, 0.29) is 36.0 Å². The Bertz CT molecular complexity index is 1710. The molecule has 1 amide bonds. The number of hydrogen-bond donors (Lipinski definition) is 2. The van der Waals surface area contributed by atoms with Gasteiger partial charge in [0.2, 0.25) is 5.91 Å². The highest BCUT2D eigenvalue weighted by molar-refractivity contribution is 6.35. The average Bonchev–Trinajstić information content (AvgIpc) is 3.51. The highest BCUT2D eigenvalue weighted by Gasteiger charge is 2.33. The maximum Gasteiger partial charge on any atom is 0.394 e. The third-order valence-corrected chi connectivity index (χ3v) is 7.97. The number of aromatic nitrogens is 6. The number of H-pyrrole nitrogens is 2. The Kier molecular flexibility index (Phi) is 6.52. The number of imidazole rings is 1. The molecule has 0 bridgehead atoms. The number of benzene rings is 1. The van der Waals surface area contributed by atoms with E-state index in [0.29, 0.717) is 64.4 Å². The second-order valence-corrected chi connectivity index (χ2v) is 10.7. The fraction of sp³-hybridized carbons (Fsp3) is 0.370. The number of hydrogen-bond acceptors (Lipinski definition) is 5. The van der Waals surface area contributed by atoms with E-state index in [9.17, 15) is 22.8 Å². The van der Waals surface area contributed by atoms with E-state index in [1.807, 2.05) is 6.92 Å². The predicted octanol–water partition coefficient (Wildman–Crippen LogP) is 4.61. The van der Waals surface area contributed by atoms with Crippen molar-refractivity contribution in [2.75, 3.05) is 13.1 Å². The molecule has 0 saturated carbocycles. The van der Waals surface area contributed by atoms with E-state index in [4.69, 9.17) is 11.6 Å². The largest absolute Gasteiger partial charge is 0.394 e. The molecule has 1 fully saturated rings. The summed E-state index contributed by atoms with van der Waals surface area (Å²) in [5.74, 6) is 0.183. The molecule has 0 atom stereocenters. The lowest BCUT2D eigenvalue weighted by atomic mass is 9.90. The molecule has 2 aliphatic heterocycles. The first kappa shape index (κ1) is 26.3. The lowest BCUT2D eigenvalue weighted by molar-refractivity contribution is -0.131. The Morgan fingerprint density at radius 1 is 1.18 bits per heavy atom. The molecular weight excluding hydrogens is 547 g/mol. The molecule has 4 aromatic rings. The highest BCUT2D eigenvalue weighted by atomic mass is 35.5. The van der Waals surface area contributed by atoms with Gasteiger partial charge in [-0.25, -0.2) is 10.1 Å². The number of nitrogens with one attached hydrogen (secondary N) is 2. The molecular formula is C27H25ClF3N7O2. The molecule has 208 valence electrons. The van der Waals surface area contributed by atoms with Crippen LogP contribution in [-0.4, -0.2) is 60.0 Å². The zero-order valence-corrected chi connectivity index (χ0v) is 22.2. The quantitative estimate of drug-likeness (QED) is 0.371. The molecule has 0 unspecified atom stereocenters. The van der Waals surface area contributed by atoms with E-state index >= 15 is 0 Å². The molecule has 40 heavy (non-hydrogen) atoms. The van der Waals surface area contributed by atoms with Crippen LogP contribution in [0, 0.1) is 6.92 Å². The highest BCUT2D eigenvalue weighted by Crippen LogP contribution is 2.37. The molecule has 9 nitrogen and oxygen atoms in total. The van der Waals surface area contributed by atoms with Gasteiger partial charge in [-0.05, 0) is 55.0 Å². The standard InChI is InChI=1S/C27H25ClF3N7O2/c1-14-6-19(26(40)36-34-14)15-2-4-37(5-3-15)23(39)9-17-7-16-8-22(28)24-20(12-33-35-24)21(16)13-38-18(10-27(29,30)31)11-32-25(17)38/h6-8,11-12,15H,2-5,9-10,13H2,1H3,(H,33,35)(H,36,40). The van der Waals surface area contributed by atoms with Crippen molar-refractivity contribution < 1.29 is 18.0 Å². The Morgan fingerprint density at radius 3 is 2.70 bits per heavy atom. The minimum absolute atomic E-state index is 0.0129. The van der Waals surface area contributed by atoms with Crippen LogP contribution in [0.2, 0.25) is 5.02 Å². The van der Waals surface area contributed by atoms with Gasteiger partial charge in [0.15, 0.2) is 0 Å². The van der Waals surface area contributed by atoms with E-state index in [1.165, 1.54) is 10.8 Å².